The summed E-state index contributed by atoms with van der Waals surface area (Å²) in [5.41, 5.74) is 1.83. The number of aryl methyl sites for hydroxylation is 1. The van der Waals surface area contributed by atoms with Crippen molar-refractivity contribution < 1.29 is 0 Å². The van der Waals surface area contributed by atoms with E-state index < -0.39 is 0 Å². The largest absolute Gasteiger partial charge is 0.361 e. The van der Waals surface area contributed by atoms with Crippen molar-refractivity contribution in [1.82, 2.24) is 39.7 Å². The van der Waals surface area contributed by atoms with Crippen molar-refractivity contribution in [2.24, 2.45) is 7.05 Å². The number of hydrogen-bond acceptors (Lipinski definition) is 7. The SMILES string of the molecule is CN(C)c1ccc2nnc(C3CCN(Cc4cn(C)nn4)CC3)n2n1. The molecule has 0 amide bonds. The average Bonchev–Trinajstić information content (AvgIpc) is 3.21. The molecule has 9 heteroatoms. The van der Waals surface area contributed by atoms with Gasteiger partial charge in [-0.25, -0.2) is 0 Å². The third-order valence-corrected chi connectivity index (χ3v) is 4.72. The molecule has 132 valence electrons. The van der Waals surface area contributed by atoms with Crippen LogP contribution in [0, 0.1) is 0 Å². The second-order valence-corrected chi connectivity index (χ2v) is 6.85. The summed E-state index contributed by atoms with van der Waals surface area (Å²) in [7, 11) is 5.88. The van der Waals surface area contributed by atoms with E-state index in [0.717, 1.165) is 55.5 Å². The van der Waals surface area contributed by atoms with Gasteiger partial charge in [0, 0.05) is 39.8 Å². The Bertz CT molecular complexity index is 857. The average molecular weight is 341 g/mol. The Labute approximate surface area is 146 Å². The second kappa shape index (κ2) is 6.40. The van der Waals surface area contributed by atoms with Crippen LogP contribution in [0.1, 0.15) is 30.3 Å². The minimum absolute atomic E-state index is 0.387. The van der Waals surface area contributed by atoms with Gasteiger partial charge in [0.2, 0.25) is 0 Å². The molecule has 3 aromatic rings. The van der Waals surface area contributed by atoms with E-state index in [-0.39, 0.29) is 0 Å². The Morgan fingerprint density at radius 2 is 1.92 bits per heavy atom. The molecular weight excluding hydrogens is 318 g/mol. The summed E-state index contributed by atoms with van der Waals surface area (Å²) >= 11 is 0. The first kappa shape index (κ1) is 15.9. The number of aromatic nitrogens is 7. The van der Waals surface area contributed by atoms with Crippen LogP contribution in [0.5, 0.6) is 0 Å². The Kier molecular flexibility index (Phi) is 4.08. The summed E-state index contributed by atoms with van der Waals surface area (Å²) in [5, 5.41) is 21.6. The topological polar surface area (TPSA) is 80.3 Å². The summed E-state index contributed by atoms with van der Waals surface area (Å²) in [6, 6.07) is 3.94. The minimum Gasteiger partial charge on any atom is -0.361 e. The standard InChI is InChI=1S/C16H23N9/c1-22(2)15-5-4-14-18-19-16(25(14)20-15)12-6-8-24(9-7-12)11-13-10-23(3)21-17-13/h4-5,10,12H,6-9,11H2,1-3H3. The molecule has 0 N–H and O–H groups in total. The molecule has 4 heterocycles. The van der Waals surface area contributed by atoms with Crippen molar-refractivity contribution in [2.75, 3.05) is 32.1 Å². The van der Waals surface area contributed by atoms with Crippen LogP contribution in [0.2, 0.25) is 0 Å². The number of likely N-dealkylation sites (tertiary alicyclic amines) is 1. The molecule has 1 saturated heterocycles. The first-order valence-electron chi connectivity index (χ1n) is 8.57. The highest BCUT2D eigenvalue weighted by Gasteiger charge is 2.25. The maximum Gasteiger partial charge on any atom is 0.178 e. The number of nitrogens with zero attached hydrogens (tertiary/aromatic N) is 9. The zero-order chi connectivity index (χ0) is 17.4. The van der Waals surface area contributed by atoms with E-state index >= 15 is 0 Å². The molecule has 9 nitrogen and oxygen atoms in total. The van der Waals surface area contributed by atoms with E-state index in [1.54, 1.807) is 4.68 Å². The molecule has 1 fully saturated rings. The minimum atomic E-state index is 0.387. The molecule has 0 unspecified atom stereocenters. The smallest absolute Gasteiger partial charge is 0.178 e. The van der Waals surface area contributed by atoms with Crippen molar-refractivity contribution in [2.45, 2.75) is 25.3 Å². The molecule has 25 heavy (non-hydrogen) atoms. The van der Waals surface area contributed by atoms with Gasteiger partial charge in [-0.1, -0.05) is 5.21 Å². The number of rotatable bonds is 4. The molecule has 1 aliphatic rings. The number of hydrogen-bond donors (Lipinski definition) is 0. The first-order chi connectivity index (χ1) is 12.1. The molecule has 0 spiro atoms. The summed E-state index contributed by atoms with van der Waals surface area (Å²) < 4.78 is 3.65. The highest BCUT2D eigenvalue weighted by atomic mass is 15.4. The van der Waals surface area contributed by atoms with Crippen LogP contribution in [0.3, 0.4) is 0 Å². The van der Waals surface area contributed by atoms with Crippen LogP contribution >= 0.6 is 0 Å². The zero-order valence-electron chi connectivity index (χ0n) is 14.9. The fraction of sp³-hybridized carbons (Fsp3) is 0.562. The Hall–Kier alpha value is -2.55. The van der Waals surface area contributed by atoms with Crippen LogP contribution in [0.15, 0.2) is 18.3 Å². The van der Waals surface area contributed by atoms with Gasteiger partial charge >= 0.3 is 0 Å². The van der Waals surface area contributed by atoms with E-state index in [1.807, 2.05) is 48.9 Å². The quantitative estimate of drug-likeness (QED) is 0.691. The molecule has 3 aromatic heterocycles. The first-order valence-corrected chi connectivity index (χ1v) is 8.57. The normalized spacial score (nSPS) is 16.6. The maximum absolute atomic E-state index is 4.68. The monoisotopic (exact) mass is 341 g/mol. The molecule has 1 aliphatic heterocycles. The lowest BCUT2D eigenvalue weighted by atomic mass is 9.96. The van der Waals surface area contributed by atoms with Gasteiger partial charge in [0.05, 0.1) is 5.69 Å². The number of fused-ring (bicyclic) bond motifs is 1. The third-order valence-electron chi connectivity index (χ3n) is 4.72. The van der Waals surface area contributed by atoms with Crippen LogP contribution < -0.4 is 4.90 Å². The highest BCUT2D eigenvalue weighted by Crippen LogP contribution is 2.27. The molecule has 0 bridgehead atoms. The van der Waals surface area contributed by atoms with Crippen LogP contribution in [0.25, 0.3) is 5.65 Å². The molecule has 0 aromatic carbocycles. The van der Waals surface area contributed by atoms with Crippen LogP contribution in [-0.2, 0) is 13.6 Å². The van der Waals surface area contributed by atoms with Crippen molar-refractivity contribution in [3.63, 3.8) is 0 Å². The molecule has 0 aliphatic carbocycles. The van der Waals surface area contributed by atoms with E-state index in [9.17, 15) is 0 Å². The highest BCUT2D eigenvalue weighted by molar-refractivity contribution is 5.45. The lowest BCUT2D eigenvalue weighted by Crippen LogP contribution is -2.33. The zero-order valence-corrected chi connectivity index (χ0v) is 14.9. The molecule has 0 atom stereocenters. The molecule has 0 saturated carbocycles. The fourth-order valence-corrected chi connectivity index (χ4v) is 3.34. The van der Waals surface area contributed by atoms with Crippen LogP contribution in [0.4, 0.5) is 5.82 Å². The second-order valence-electron chi connectivity index (χ2n) is 6.85. The van der Waals surface area contributed by atoms with Crippen molar-refractivity contribution >= 4 is 11.5 Å². The lowest BCUT2D eigenvalue weighted by molar-refractivity contribution is 0.199. The Balaban J connectivity index is 1.47. The molecular formula is C16H23N9. The van der Waals surface area contributed by atoms with Crippen molar-refractivity contribution in [1.29, 1.82) is 0 Å². The molecule has 4 rings (SSSR count). The van der Waals surface area contributed by atoms with E-state index in [0.29, 0.717) is 5.92 Å². The predicted octanol–water partition coefficient (Wildman–Crippen LogP) is 0.698. The molecule has 0 radical (unpaired) electrons. The summed E-state index contributed by atoms with van der Waals surface area (Å²) in [4.78, 5) is 4.41. The summed E-state index contributed by atoms with van der Waals surface area (Å²) in [6.45, 7) is 2.89. The van der Waals surface area contributed by atoms with Gasteiger partial charge in [-0.3, -0.25) is 9.58 Å². The van der Waals surface area contributed by atoms with Gasteiger partial charge in [0.25, 0.3) is 0 Å². The van der Waals surface area contributed by atoms with Crippen LogP contribution in [-0.4, -0.2) is 66.9 Å². The lowest BCUT2D eigenvalue weighted by Gasteiger charge is -2.30. The van der Waals surface area contributed by atoms with Crippen molar-refractivity contribution in [3.05, 3.63) is 29.8 Å². The number of anilines is 1. The fourth-order valence-electron chi connectivity index (χ4n) is 3.34. The Morgan fingerprint density at radius 1 is 1.12 bits per heavy atom. The van der Waals surface area contributed by atoms with Crippen molar-refractivity contribution in [3.8, 4) is 0 Å². The van der Waals surface area contributed by atoms with Gasteiger partial charge in [0.1, 0.15) is 5.82 Å². The third kappa shape index (κ3) is 3.19. The van der Waals surface area contributed by atoms with E-state index in [1.165, 1.54) is 0 Å². The number of piperidine rings is 1. The van der Waals surface area contributed by atoms with E-state index in [2.05, 4.69) is 30.5 Å². The van der Waals surface area contributed by atoms with Gasteiger partial charge in [-0.05, 0) is 38.1 Å². The Morgan fingerprint density at radius 3 is 2.60 bits per heavy atom. The van der Waals surface area contributed by atoms with Gasteiger partial charge in [-0.2, -0.15) is 4.52 Å². The predicted molar refractivity (Wildman–Crippen MR) is 93.4 cm³/mol. The maximum atomic E-state index is 4.68. The van der Waals surface area contributed by atoms with Gasteiger partial charge in [0.15, 0.2) is 11.5 Å². The van der Waals surface area contributed by atoms with E-state index in [4.69, 9.17) is 0 Å². The van der Waals surface area contributed by atoms with Gasteiger partial charge in [-0.15, -0.1) is 20.4 Å². The summed E-state index contributed by atoms with van der Waals surface area (Å²) in [6.07, 6.45) is 4.08. The summed E-state index contributed by atoms with van der Waals surface area (Å²) in [5.74, 6) is 2.27. The van der Waals surface area contributed by atoms with Gasteiger partial charge < -0.3 is 4.90 Å².